The van der Waals surface area contributed by atoms with E-state index in [1.54, 1.807) is 12.1 Å². The molecular weight excluding hydrogens is 398 g/mol. The number of aryl methyl sites for hydroxylation is 1. The maximum Gasteiger partial charge on any atom is 0.294 e. The van der Waals surface area contributed by atoms with Gasteiger partial charge in [-0.05, 0) is 32.0 Å². The van der Waals surface area contributed by atoms with Gasteiger partial charge in [0.25, 0.3) is 10.1 Å². The summed E-state index contributed by atoms with van der Waals surface area (Å²) in [6.07, 6.45) is 19.9. The van der Waals surface area contributed by atoms with Gasteiger partial charge >= 0.3 is 0 Å². The Hall–Kier alpha value is -0.990. The van der Waals surface area contributed by atoms with Crippen LogP contribution in [0, 0.1) is 6.92 Å². The third-order valence-corrected chi connectivity index (χ3v) is 5.74. The molecular formula is C23H49N3O3S. The number of nitrogens with two attached hydrogens (primary N) is 1. The van der Waals surface area contributed by atoms with Gasteiger partial charge in [0.15, 0.2) is 0 Å². The highest BCUT2D eigenvalue weighted by atomic mass is 32.2. The van der Waals surface area contributed by atoms with Crippen molar-refractivity contribution >= 4 is 10.1 Å². The van der Waals surface area contributed by atoms with Gasteiger partial charge < -0.3 is 18.0 Å². The van der Waals surface area contributed by atoms with Crippen LogP contribution < -0.4 is 18.0 Å². The van der Waals surface area contributed by atoms with E-state index in [0.29, 0.717) is 0 Å². The summed E-state index contributed by atoms with van der Waals surface area (Å²) in [5, 5.41) is 0. The molecule has 0 fully saturated rings. The highest BCUT2D eigenvalue weighted by molar-refractivity contribution is 7.85. The summed E-state index contributed by atoms with van der Waals surface area (Å²) < 4.78 is 29.6. The molecule has 180 valence electrons. The quantitative estimate of drug-likeness (QED) is 0.168. The van der Waals surface area contributed by atoms with Gasteiger partial charge in [0.2, 0.25) is 0 Å². The number of hydrogen-bond acceptors (Lipinski definition) is 5. The fourth-order valence-corrected chi connectivity index (χ4v) is 3.53. The minimum absolute atomic E-state index is 0. The van der Waals surface area contributed by atoms with E-state index in [0.717, 1.165) is 12.1 Å². The molecule has 30 heavy (non-hydrogen) atoms. The molecule has 0 saturated carbocycles. The van der Waals surface area contributed by atoms with Crippen LogP contribution in [0.15, 0.2) is 29.2 Å². The highest BCUT2D eigenvalue weighted by Crippen LogP contribution is 2.12. The molecule has 0 radical (unpaired) electrons. The second kappa shape index (κ2) is 22.7. The van der Waals surface area contributed by atoms with Crippen molar-refractivity contribution in [2.75, 3.05) is 6.54 Å². The van der Waals surface area contributed by atoms with Gasteiger partial charge in [-0.1, -0.05) is 108 Å². The minimum Gasteiger partial charge on any atom is -0.344 e. The molecule has 0 aliphatic heterocycles. The molecule has 1 aromatic carbocycles. The first-order valence-corrected chi connectivity index (χ1v) is 12.6. The van der Waals surface area contributed by atoms with Crippen molar-refractivity contribution in [3.8, 4) is 0 Å². The molecule has 9 N–H and O–H groups in total. The highest BCUT2D eigenvalue weighted by Gasteiger charge is 2.06. The maximum atomic E-state index is 10.5. The molecule has 0 atom stereocenters. The van der Waals surface area contributed by atoms with Gasteiger partial charge in [0.05, 0.1) is 4.90 Å². The lowest BCUT2D eigenvalue weighted by atomic mass is 10.0. The Morgan fingerprint density at radius 3 is 1.33 bits per heavy atom. The van der Waals surface area contributed by atoms with Crippen LogP contribution in [0.3, 0.4) is 0 Å². The SMILES string of the molecule is CCCCCCCCCCCCCCCCN.Cc1ccc(S(=O)(=O)O)cc1.N.N. The predicted octanol–water partition coefficient (Wildman–Crippen LogP) is 6.99. The lowest BCUT2D eigenvalue weighted by Gasteiger charge is -2.02. The van der Waals surface area contributed by atoms with Crippen LogP contribution in [0.2, 0.25) is 0 Å². The predicted molar refractivity (Wildman–Crippen MR) is 130 cm³/mol. The van der Waals surface area contributed by atoms with Crippen LogP contribution in [-0.4, -0.2) is 19.5 Å². The number of hydrogen-bond donors (Lipinski definition) is 4. The Morgan fingerprint density at radius 1 is 0.700 bits per heavy atom. The standard InChI is InChI=1S/C16H35N.C7H8O3S.2H3N/c1-2-3-4-5-6-7-8-9-10-11-12-13-14-15-16-17;1-6-2-4-7(5-3-6)11(8,9)10;;/h2-17H2,1H3;2-5H,1H3,(H,8,9,10);2*1H3. The zero-order valence-corrected chi connectivity index (χ0v) is 20.4. The van der Waals surface area contributed by atoms with E-state index < -0.39 is 10.1 Å². The summed E-state index contributed by atoms with van der Waals surface area (Å²) >= 11 is 0. The molecule has 0 heterocycles. The molecule has 0 unspecified atom stereocenters. The fraction of sp³-hybridized carbons (Fsp3) is 0.739. The molecule has 0 bridgehead atoms. The van der Waals surface area contributed by atoms with Crippen LogP contribution in [-0.2, 0) is 10.1 Å². The summed E-state index contributed by atoms with van der Waals surface area (Å²) in [7, 11) is -4.02. The van der Waals surface area contributed by atoms with Crippen LogP contribution in [0.1, 0.15) is 102 Å². The molecule has 1 aromatic rings. The Kier molecular flexibility index (Phi) is 25.4. The van der Waals surface area contributed by atoms with Gasteiger partial charge in [0.1, 0.15) is 0 Å². The van der Waals surface area contributed by atoms with Crippen molar-refractivity contribution < 1.29 is 13.0 Å². The van der Waals surface area contributed by atoms with Gasteiger partial charge in [-0.2, -0.15) is 8.42 Å². The first-order valence-electron chi connectivity index (χ1n) is 11.2. The van der Waals surface area contributed by atoms with Crippen LogP contribution in [0.5, 0.6) is 0 Å². The Bertz CT molecular complexity index is 550. The first kappa shape index (κ1) is 33.6. The number of rotatable bonds is 15. The zero-order chi connectivity index (χ0) is 21.1. The maximum absolute atomic E-state index is 10.5. The van der Waals surface area contributed by atoms with Gasteiger partial charge in [-0.3, -0.25) is 4.55 Å². The number of unbranched alkanes of at least 4 members (excludes halogenated alkanes) is 13. The van der Waals surface area contributed by atoms with Crippen molar-refractivity contribution in [3.05, 3.63) is 29.8 Å². The van der Waals surface area contributed by atoms with Crippen LogP contribution in [0.4, 0.5) is 0 Å². The van der Waals surface area contributed by atoms with E-state index in [4.69, 9.17) is 10.3 Å². The van der Waals surface area contributed by atoms with Crippen molar-refractivity contribution in [1.82, 2.24) is 12.3 Å². The molecule has 0 spiro atoms. The summed E-state index contributed by atoms with van der Waals surface area (Å²) in [6, 6.07) is 5.99. The van der Waals surface area contributed by atoms with E-state index in [1.807, 2.05) is 6.92 Å². The van der Waals surface area contributed by atoms with Gasteiger partial charge in [0, 0.05) is 0 Å². The smallest absolute Gasteiger partial charge is 0.294 e. The van der Waals surface area contributed by atoms with E-state index in [-0.39, 0.29) is 17.2 Å². The van der Waals surface area contributed by atoms with Crippen LogP contribution >= 0.6 is 0 Å². The largest absolute Gasteiger partial charge is 0.344 e. The normalized spacial score (nSPS) is 10.4. The summed E-state index contributed by atoms with van der Waals surface area (Å²) in [5.74, 6) is 0. The Morgan fingerprint density at radius 2 is 1.03 bits per heavy atom. The molecule has 0 aromatic heterocycles. The van der Waals surface area contributed by atoms with E-state index in [2.05, 4.69) is 6.92 Å². The van der Waals surface area contributed by atoms with Gasteiger partial charge in [-0.25, -0.2) is 0 Å². The van der Waals surface area contributed by atoms with Crippen molar-refractivity contribution in [1.29, 1.82) is 0 Å². The third kappa shape index (κ3) is 21.7. The molecule has 7 heteroatoms. The monoisotopic (exact) mass is 447 g/mol. The summed E-state index contributed by atoms with van der Waals surface area (Å²) in [4.78, 5) is -0.0666. The molecule has 0 amide bonds. The molecule has 0 aliphatic rings. The molecule has 0 aliphatic carbocycles. The average Bonchev–Trinajstić information content (AvgIpc) is 2.66. The fourth-order valence-electron chi connectivity index (χ4n) is 3.05. The van der Waals surface area contributed by atoms with Gasteiger partial charge in [-0.15, -0.1) is 0 Å². The Labute approximate surface area is 186 Å². The number of benzene rings is 1. The van der Waals surface area contributed by atoms with E-state index in [9.17, 15) is 8.42 Å². The van der Waals surface area contributed by atoms with Crippen molar-refractivity contribution in [3.63, 3.8) is 0 Å². The minimum atomic E-state index is -4.02. The summed E-state index contributed by atoms with van der Waals surface area (Å²) in [5.41, 5.74) is 6.42. The molecule has 6 nitrogen and oxygen atoms in total. The summed E-state index contributed by atoms with van der Waals surface area (Å²) in [6.45, 7) is 5.00. The van der Waals surface area contributed by atoms with E-state index >= 15 is 0 Å². The first-order chi connectivity index (χ1) is 13.4. The van der Waals surface area contributed by atoms with Crippen LogP contribution in [0.25, 0.3) is 0 Å². The second-order valence-corrected chi connectivity index (χ2v) is 9.09. The van der Waals surface area contributed by atoms with Crippen molar-refractivity contribution in [2.24, 2.45) is 5.73 Å². The van der Waals surface area contributed by atoms with Crippen molar-refractivity contribution in [2.45, 2.75) is 109 Å². The zero-order valence-electron chi connectivity index (χ0n) is 19.6. The van der Waals surface area contributed by atoms with E-state index in [1.165, 1.54) is 102 Å². The molecule has 0 saturated heterocycles. The Balaban J connectivity index is -0.000000489. The lowest BCUT2D eigenvalue weighted by Crippen LogP contribution is -1.97. The topological polar surface area (TPSA) is 150 Å². The second-order valence-electron chi connectivity index (χ2n) is 7.67. The molecule has 1 rings (SSSR count). The lowest BCUT2D eigenvalue weighted by molar-refractivity contribution is 0.483. The third-order valence-electron chi connectivity index (χ3n) is 4.88. The average molecular weight is 448 g/mol.